The molecule has 0 saturated carbocycles. The number of halogens is 1. The fraction of sp³-hybridized carbons (Fsp3) is 0.375. The lowest BCUT2D eigenvalue weighted by Crippen LogP contribution is -2.41. The molecule has 0 radical (unpaired) electrons. The van der Waals surface area contributed by atoms with E-state index >= 15 is 0 Å². The van der Waals surface area contributed by atoms with Gasteiger partial charge in [-0.25, -0.2) is 0 Å². The van der Waals surface area contributed by atoms with Crippen LogP contribution in [0.15, 0.2) is 54.6 Å². The van der Waals surface area contributed by atoms with Crippen molar-refractivity contribution in [3.63, 3.8) is 0 Å². The minimum atomic E-state index is -0.478. The number of carbonyl (C=O) groups is 2. The van der Waals surface area contributed by atoms with Crippen LogP contribution in [0.25, 0.3) is 0 Å². The summed E-state index contributed by atoms with van der Waals surface area (Å²) in [5, 5.41) is 0.553. The van der Waals surface area contributed by atoms with Crippen molar-refractivity contribution in [2.45, 2.75) is 58.6 Å². The molecule has 1 amide bonds. The molecule has 0 aliphatic carbocycles. The Morgan fingerprint density at radius 2 is 1.77 bits per heavy atom. The molecule has 0 bridgehead atoms. The second-order valence-corrected chi connectivity index (χ2v) is 10.6. The number of anilines is 2. The molecule has 39 heavy (non-hydrogen) atoms. The maximum Gasteiger partial charge on any atom is 0.232 e. The Morgan fingerprint density at radius 1 is 1.05 bits per heavy atom. The number of nitrogens with zero attached hydrogens (tertiary/aromatic N) is 2. The average Bonchev–Trinajstić information content (AvgIpc) is 2.92. The van der Waals surface area contributed by atoms with E-state index in [4.69, 9.17) is 21.1 Å². The number of carbonyl (C=O) groups excluding carboxylic acids is 2. The van der Waals surface area contributed by atoms with Crippen LogP contribution in [0.5, 0.6) is 11.5 Å². The van der Waals surface area contributed by atoms with Gasteiger partial charge in [0.25, 0.3) is 0 Å². The zero-order valence-electron chi connectivity index (χ0n) is 23.6. The van der Waals surface area contributed by atoms with Gasteiger partial charge in [0.15, 0.2) is 11.5 Å². The molecule has 1 heterocycles. The number of Topliss-reactive ketones (excluding diaryl/α,β-unsaturated/α-hetero) is 1. The summed E-state index contributed by atoms with van der Waals surface area (Å²) in [6, 6.07) is 17.0. The Labute approximate surface area is 236 Å². The molecule has 4 rings (SSSR count). The highest BCUT2D eigenvalue weighted by atomic mass is 35.5. The molecule has 2 atom stereocenters. The zero-order valence-corrected chi connectivity index (χ0v) is 24.3. The number of ether oxygens (including phenoxy) is 2. The average molecular weight is 549 g/mol. The van der Waals surface area contributed by atoms with E-state index in [0.29, 0.717) is 22.9 Å². The van der Waals surface area contributed by atoms with Crippen LogP contribution in [0.2, 0.25) is 5.02 Å². The van der Waals surface area contributed by atoms with E-state index in [2.05, 4.69) is 6.92 Å². The number of hydrogen-bond donors (Lipinski definition) is 0. The van der Waals surface area contributed by atoms with Gasteiger partial charge in [0.2, 0.25) is 5.91 Å². The first-order valence-electron chi connectivity index (χ1n) is 13.4. The summed E-state index contributed by atoms with van der Waals surface area (Å²) < 4.78 is 11.9. The van der Waals surface area contributed by atoms with Crippen LogP contribution in [-0.2, 0) is 22.4 Å². The number of benzene rings is 3. The summed E-state index contributed by atoms with van der Waals surface area (Å²) >= 11 is 6.42. The van der Waals surface area contributed by atoms with Crippen LogP contribution in [0, 0.1) is 0 Å². The van der Waals surface area contributed by atoms with Crippen molar-refractivity contribution < 1.29 is 19.1 Å². The summed E-state index contributed by atoms with van der Waals surface area (Å²) in [4.78, 5) is 30.4. The fourth-order valence-electron chi connectivity index (χ4n) is 4.95. The van der Waals surface area contributed by atoms with Gasteiger partial charge in [-0.1, -0.05) is 31.5 Å². The van der Waals surface area contributed by atoms with Crippen molar-refractivity contribution in [2.24, 2.45) is 0 Å². The van der Waals surface area contributed by atoms with Crippen molar-refractivity contribution in [1.29, 1.82) is 0 Å². The Kier molecular flexibility index (Phi) is 8.86. The fourth-order valence-corrected chi connectivity index (χ4v) is 5.15. The highest BCUT2D eigenvalue weighted by Gasteiger charge is 2.37. The molecule has 3 aromatic carbocycles. The van der Waals surface area contributed by atoms with Crippen LogP contribution in [-0.4, -0.2) is 39.0 Å². The lowest BCUT2D eigenvalue weighted by atomic mass is 9.84. The smallest absolute Gasteiger partial charge is 0.232 e. The van der Waals surface area contributed by atoms with Crippen LogP contribution >= 0.6 is 11.6 Å². The maximum absolute atomic E-state index is 13.9. The molecular weight excluding hydrogens is 512 g/mol. The van der Waals surface area contributed by atoms with Crippen molar-refractivity contribution in [1.82, 2.24) is 0 Å². The first kappa shape index (κ1) is 28.5. The van der Waals surface area contributed by atoms with Gasteiger partial charge < -0.3 is 19.3 Å². The van der Waals surface area contributed by atoms with E-state index in [1.165, 1.54) is 0 Å². The van der Waals surface area contributed by atoms with Crippen LogP contribution in [0.4, 0.5) is 11.4 Å². The maximum atomic E-state index is 13.9. The molecule has 6 nitrogen and oxygen atoms in total. The van der Waals surface area contributed by atoms with Crippen LogP contribution < -0.4 is 19.3 Å². The number of ketones is 1. The first-order valence-corrected chi connectivity index (χ1v) is 13.8. The lowest BCUT2D eigenvalue weighted by molar-refractivity contribution is -0.119. The standard InChI is InChI=1S/C32H37ClN2O4/c1-7-20(3)39-30-19-28-22(17-29(30)38-6)18-31(37)35(25-12-10-24(11-13-25)34(4)5)32(28)27-14-9-23(33)15-21(27)16-26(36)8-2/h9-15,17,19-20,32H,7-8,16,18H2,1-6H3/t20-,32?/m1/s1. The van der Waals surface area contributed by atoms with E-state index in [-0.39, 0.29) is 30.6 Å². The third kappa shape index (κ3) is 6.06. The third-order valence-electron chi connectivity index (χ3n) is 7.32. The molecule has 0 N–H and O–H groups in total. The van der Waals surface area contributed by atoms with Gasteiger partial charge in [-0.15, -0.1) is 0 Å². The topological polar surface area (TPSA) is 59.1 Å². The summed E-state index contributed by atoms with van der Waals surface area (Å²) in [5.41, 5.74) is 5.32. The number of methoxy groups -OCH3 is 1. The summed E-state index contributed by atoms with van der Waals surface area (Å²) in [7, 11) is 5.58. The van der Waals surface area contributed by atoms with E-state index in [1.54, 1.807) is 7.11 Å². The Morgan fingerprint density at radius 3 is 2.38 bits per heavy atom. The van der Waals surface area contributed by atoms with Crippen molar-refractivity contribution in [3.8, 4) is 11.5 Å². The predicted molar refractivity (Wildman–Crippen MR) is 158 cm³/mol. The lowest BCUT2D eigenvalue weighted by Gasteiger charge is -2.39. The van der Waals surface area contributed by atoms with Gasteiger partial charge >= 0.3 is 0 Å². The minimum absolute atomic E-state index is 0.0106. The van der Waals surface area contributed by atoms with Crippen molar-refractivity contribution in [2.75, 3.05) is 31.0 Å². The molecule has 206 valence electrons. The van der Waals surface area contributed by atoms with Crippen molar-refractivity contribution in [3.05, 3.63) is 81.9 Å². The van der Waals surface area contributed by atoms with Crippen LogP contribution in [0.3, 0.4) is 0 Å². The van der Waals surface area contributed by atoms with Gasteiger partial charge in [0, 0.05) is 43.3 Å². The summed E-state index contributed by atoms with van der Waals surface area (Å²) in [5.74, 6) is 1.30. The molecular formula is C32H37ClN2O4. The second kappa shape index (κ2) is 12.1. The Bertz CT molecular complexity index is 1350. The van der Waals surface area contributed by atoms with E-state index in [9.17, 15) is 9.59 Å². The Balaban J connectivity index is 1.96. The molecule has 1 aliphatic heterocycles. The van der Waals surface area contributed by atoms with E-state index < -0.39 is 6.04 Å². The van der Waals surface area contributed by atoms with Gasteiger partial charge in [-0.2, -0.15) is 0 Å². The number of hydrogen-bond acceptors (Lipinski definition) is 5. The third-order valence-corrected chi connectivity index (χ3v) is 7.55. The van der Waals surface area contributed by atoms with E-state index in [0.717, 1.165) is 40.0 Å². The minimum Gasteiger partial charge on any atom is -0.493 e. The molecule has 1 aliphatic rings. The Hall–Kier alpha value is -3.51. The highest BCUT2D eigenvalue weighted by Crippen LogP contribution is 2.45. The molecule has 7 heteroatoms. The molecule has 1 unspecified atom stereocenters. The number of rotatable bonds is 10. The highest BCUT2D eigenvalue weighted by molar-refractivity contribution is 6.30. The second-order valence-electron chi connectivity index (χ2n) is 10.2. The number of fused-ring (bicyclic) bond motifs is 1. The molecule has 0 saturated heterocycles. The quantitative estimate of drug-likeness (QED) is 0.279. The SMILES string of the molecule is CCC(=O)Cc1cc(Cl)ccc1C1c2cc(O[C@H](C)CC)c(OC)cc2CC(=O)N1c1ccc(N(C)C)cc1. The van der Waals surface area contributed by atoms with E-state index in [1.807, 2.05) is 92.3 Å². The van der Waals surface area contributed by atoms with Gasteiger partial charge in [-0.05, 0) is 84.1 Å². The molecule has 3 aromatic rings. The molecule has 0 spiro atoms. The van der Waals surface area contributed by atoms with Crippen LogP contribution in [0.1, 0.15) is 61.9 Å². The molecule has 0 aromatic heterocycles. The zero-order chi connectivity index (χ0) is 28.3. The monoisotopic (exact) mass is 548 g/mol. The predicted octanol–water partition coefficient (Wildman–Crippen LogP) is 6.79. The van der Waals surface area contributed by atoms with Gasteiger partial charge in [0.05, 0.1) is 25.7 Å². The largest absolute Gasteiger partial charge is 0.493 e. The van der Waals surface area contributed by atoms with Gasteiger partial charge in [-0.3, -0.25) is 9.59 Å². The van der Waals surface area contributed by atoms with Crippen molar-refractivity contribution >= 4 is 34.7 Å². The van der Waals surface area contributed by atoms with Gasteiger partial charge in [0.1, 0.15) is 5.78 Å². The summed E-state index contributed by atoms with van der Waals surface area (Å²) in [6.45, 7) is 5.95. The number of amides is 1. The summed E-state index contributed by atoms with van der Waals surface area (Å²) in [6.07, 6.45) is 1.71. The normalized spacial score (nSPS) is 15.5. The molecule has 0 fully saturated rings. The first-order chi connectivity index (χ1) is 18.7.